The van der Waals surface area contributed by atoms with Gasteiger partial charge >= 0.3 is 0 Å². The molecule has 0 fully saturated rings. The lowest BCUT2D eigenvalue weighted by atomic mass is 10.1. The lowest BCUT2D eigenvalue weighted by molar-refractivity contribution is 0.270. The predicted molar refractivity (Wildman–Crippen MR) is 67.0 cm³/mol. The van der Waals surface area contributed by atoms with Crippen molar-refractivity contribution in [2.24, 2.45) is 5.73 Å². The molecule has 0 heterocycles. The van der Waals surface area contributed by atoms with E-state index in [9.17, 15) is 0 Å². The number of aliphatic hydroxyl groups is 1. The van der Waals surface area contributed by atoms with Gasteiger partial charge in [0.1, 0.15) is 0 Å². The van der Waals surface area contributed by atoms with Crippen LogP contribution in [0.2, 0.25) is 0 Å². The molecule has 0 spiro atoms. The summed E-state index contributed by atoms with van der Waals surface area (Å²) in [5.74, 6) is 0. The summed E-state index contributed by atoms with van der Waals surface area (Å²) in [5.41, 5.74) is 7.84. The van der Waals surface area contributed by atoms with Gasteiger partial charge in [-0.1, -0.05) is 22.0 Å². The molecule has 1 atom stereocenters. The minimum Gasteiger partial charge on any atom is -0.394 e. The Morgan fingerprint density at radius 3 is 2.73 bits per heavy atom. The minimum atomic E-state index is 0.0876. The lowest BCUT2D eigenvalue weighted by Gasteiger charge is -2.27. The third kappa shape index (κ3) is 2.71. The van der Waals surface area contributed by atoms with Crippen LogP contribution < -0.4 is 10.6 Å². The molecule has 3 nitrogen and oxygen atoms in total. The van der Waals surface area contributed by atoms with Crippen LogP contribution in [0.3, 0.4) is 0 Å². The minimum absolute atomic E-state index is 0.0876. The van der Waals surface area contributed by atoms with Gasteiger partial charge in [0.25, 0.3) is 0 Å². The number of hydrogen-bond acceptors (Lipinski definition) is 3. The number of aliphatic hydroxyl groups excluding tert-OH is 1. The number of nitrogens with zero attached hydrogens (tertiary/aromatic N) is 1. The van der Waals surface area contributed by atoms with E-state index in [2.05, 4.69) is 15.9 Å². The number of hydrogen-bond donors (Lipinski definition) is 2. The summed E-state index contributed by atoms with van der Waals surface area (Å²) in [7, 11) is 1.96. The molecule has 0 amide bonds. The molecule has 0 aliphatic rings. The average molecular weight is 273 g/mol. The lowest BCUT2D eigenvalue weighted by Crippen LogP contribution is -2.32. The predicted octanol–water partition coefficient (Wildman–Crippen LogP) is 1.72. The average Bonchev–Trinajstić information content (AvgIpc) is 2.26. The smallest absolute Gasteiger partial charge is 0.0632 e. The van der Waals surface area contributed by atoms with E-state index in [0.717, 1.165) is 15.7 Å². The first kappa shape index (κ1) is 12.5. The van der Waals surface area contributed by atoms with Crippen molar-refractivity contribution in [2.45, 2.75) is 19.5 Å². The molecular formula is C11H17BrN2O. The first-order chi connectivity index (χ1) is 7.11. The Morgan fingerprint density at radius 2 is 2.20 bits per heavy atom. The van der Waals surface area contributed by atoms with Gasteiger partial charge in [-0.15, -0.1) is 0 Å². The van der Waals surface area contributed by atoms with Crippen LogP contribution in [0.25, 0.3) is 0 Å². The Bertz CT molecular complexity index is 330. The van der Waals surface area contributed by atoms with Crippen LogP contribution >= 0.6 is 15.9 Å². The second-order valence-corrected chi connectivity index (χ2v) is 4.44. The van der Waals surface area contributed by atoms with E-state index in [-0.39, 0.29) is 12.6 Å². The van der Waals surface area contributed by atoms with Crippen LogP contribution in [-0.4, -0.2) is 24.8 Å². The second-order valence-electron chi connectivity index (χ2n) is 3.58. The molecule has 0 aliphatic carbocycles. The van der Waals surface area contributed by atoms with Crippen LogP contribution in [0, 0.1) is 0 Å². The van der Waals surface area contributed by atoms with E-state index in [1.54, 1.807) is 0 Å². The van der Waals surface area contributed by atoms with Gasteiger partial charge in [-0.2, -0.15) is 0 Å². The fourth-order valence-electron chi connectivity index (χ4n) is 1.44. The topological polar surface area (TPSA) is 49.5 Å². The van der Waals surface area contributed by atoms with Gasteiger partial charge in [0.05, 0.1) is 6.61 Å². The van der Waals surface area contributed by atoms with E-state index in [0.29, 0.717) is 6.54 Å². The highest BCUT2D eigenvalue weighted by molar-refractivity contribution is 9.10. The van der Waals surface area contributed by atoms with E-state index in [4.69, 9.17) is 10.8 Å². The van der Waals surface area contributed by atoms with Gasteiger partial charge in [0.15, 0.2) is 0 Å². The summed E-state index contributed by atoms with van der Waals surface area (Å²) in [6.07, 6.45) is 0. The molecule has 84 valence electrons. The van der Waals surface area contributed by atoms with E-state index in [1.165, 1.54) is 0 Å². The zero-order valence-corrected chi connectivity index (χ0v) is 10.7. The van der Waals surface area contributed by atoms with Crippen LogP contribution in [0.5, 0.6) is 0 Å². The zero-order valence-electron chi connectivity index (χ0n) is 9.07. The normalized spacial score (nSPS) is 12.6. The monoisotopic (exact) mass is 272 g/mol. The molecule has 0 aliphatic heterocycles. The molecule has 1 aromatic carbocycles. The summed E-state index contributed by atoms with van der Waals surface area (Å²) in [5, 5.41) is 9.11. The Hall–Kier alpha value is -0.580. The van der Waals surface area contributed by atoms with Crippen molar-refractivity contribution in [2.75, 3.05) is 18.6 Å². The maximum Gasteiger partial charge on any atom is 0.0632 e. The van der Waals surface area contributed by atoms with E-state index in [1.807, 2.05) is 37.1 Å². The van der Waals surface area contributed by atoms with Crippen LogP contribution in [0.1, 0.15) is 12.5 Å². The third-order valence-electron chi connectivity index (χ3n) is 2.60. The fourth-order valence-corrected chi connectivity index (χ4v) is 1.96. The largest absolute Gasteiger partial charge is 0.394 e. The number of rotatable bonds is 4. The van der Waals surface area contributed by atoms with Crippen LogP contribution in [0.15, 0.2) is 22.7 Å². The first-order valence-electron chi connectivity index (χ1n) is 4.93. The number of anilines is 1. The molecular weight excluding hydrogens is 256 g/mol. The van der Waals surface area contributed by atoms with Crippen LogP contribution in [-0.2, 0) is 6.54 Å². The Kier molecular flexibility index (Phi) is 4.57. The van der Waals surface area contributed by atoms with E-state index < -0.39 is 0 Å². The third-order valence-corrected chi connectivity index (χ3v) is 3.35. The van der Waals surface area contributed by atoms with Crippen molar-refractivity contribution < 1.29 is 5.11 Å². The van der Waals surface area contributed by atoms with Gasteiger partial charge < -0.3 is 15.7 Å². The zero-order chi connectivity index (χ0) is 11.4. The van der Waals surface area contributed by atoms with E-state index >= 15 is 0 Å². The molecule has 0 aromatic heterocycles. The van der Waals surface area contributed by atoms with Crippen molar-refractivity contribution in [3.63, 3.8) is 0 Å². The summed E-state index contributed by atoms with van der Waals surface area (Å²) in [6.45, 7) is 2.59. The first-order valence-corrected chi connectivity index (χ1v) is 5.72. The molecule has 0 bridgehead atoms. The van der Waals surface area contributed by atoms with Gasteiger partial charge in [-0.05, 0) is 19.1 Å². The number of halogens is 1. The van der Waals surface area contributed by atoms with Crippen molar-refractivity contribution in [3.05, 3.63) is 28.2 Å². The molecule has 0 saturated carbocycles. The Labute approximate surface area is 99.0 Å². The number of likely N-dealkylation sites (N-methyl/N-ethyl adjacent to an activating group) is 1. The summed E-state index contributed by atoms with van der Waals surface area (Å²) >= 11 is 3.48. The second kappa shape index (κ2) is 5.49. The standard InChI is InChI=1S/C11H17BrN2O/c1-8(7-15)14(2)11-5-3-4-10(12)9(11)6-13/h3-5,8,15H,6-7,13H2,1-2H3. The van der Waals surface area contributed by atoms with Crippen molar-refractivity contribution in [3.8, 4) is 0 Å². The highest BCUT2D eigenvalue weighted by Gasteiger charge is 2.13. The molecule has 1 unspecified atom stereocenters. The van der Waals surface area contributed by atoms with Gasteiger partial charge in [0.2, 0.25) is 0 Å². The number of nitrogens with two attached hydrogens (primary N) is 1. The molecule has 15 heavy (non-hydrogen) atoms. The fraction of sp³-hybridized carbons (Fsp3) is 0.455. The van der Waals surface area contributed by atoms with Crippen molar-refractivity contribution >= 4 is 21.6 Å². The summed E-state index contributed by atoms with van der Waals surface area (Å²) < 4.78 is 1.01. The van der Waals surface area contributed by atoms with Crippen molar-refractivity contribution in [1.82, 2.24) is 0 Å². The Balaban J connectivity index is 3.07. The Morgan fingerprint density at radius 1 is 1.53 bits per heavy atom. The maximum atomic E-state index is 9.11. The summed E-state index contributed by atoms with van der Waals surface area (Å²) in [4.78, 5) is 2.03. The van der Waals surface area contributed by atoms with Crippen LogP contribution in [0.4, 0.5) is 5.69 Å². The highest BCUT2D eigenvalue weighted by atomic mass is 79.9. The molecule has 4 heteroatoms. The van der Waals surface area contributed by atoms with Gasteiger partial charge in [-0.3, -0.25) is 0 Å². The van der Waals surface area contributed by atoms with Gasteiger partial charge in [-0.25, -0.2) is 0 Å². The molecule has 0 radical (unpaired) electrons. The quantitative estimate of drug-likeness (QED) is 0.878. The molecule has 3 N–H and O–H groups in total. The SMILES string of the molecule is CC(CO)N(C)c1cccc(Br)c1CN. The molecule has 1 rings (SSSR count). The summed E-state index contributed by atoms with van der Waals surface area (Å²) in [6, 6.07) is 6.05. The van der Waals surface area contributed by atoms with Gasteiger partial charge in [0, 0.05) is 35.4 Å². The maximum absolute atomic E-state index is 9.11. The molecule has 1 aromatic rings. The highest BCUT2D eigenvalue weighted by Crippen LogP contribution is 2.27. The number of benzene rings is 1. The molecule has 0 saturated heterocycles. The van der Waals surface area contributed by atoms with Crippen molar-refractivity contribution in [1.29, 1.82) is 0 Å².